The fourth-order valence-electron chi connectivity index (χ4n) is 3.93. The molecule has 0 saturated carbocycles. The Labute approximate surface area is 282 Å². The summed E-state index contributed by atoms with van der Waals surface area (Å²) in [7, 11) is 0. The minimum atomic E-state index is 0. The summed E-state index contributed by atoms with van der Waals surface area (Å²) in [6.07, 6.45) is 0. The first-order valence-corrected chi connectivity index (χ1v) is 12.5. The molecule has 0 aliphatic carbocycles. The Hall–Kier alpha value is 0.886. The average Bonchev–Trinajstić information content (AvgIpc) is 3.23. The van der Waals surface area contributed by atoms with Crippen LogP contribution in [-0.4, -0.2) is 0 Å². The van der Waals surface area contributed by atoms with E-state index < -0.39 is 0 Å². The van der Waals surface area contributed by atoms with E-state index in [1.807, 2.05) is 0 Å². The molecule has 0 heterocycles. The van der Waals surface area contributed by atoms with Crippen molar-refractivity contribution in [3.8, 4) is 0 Å². The second-order valence-corrected chi connectivity index (χ2v) is 10.9. The minimum Gasteiger partial charge on any atom is -1.00 e. The Morgan fingerprint density at radius 2 is 0.588 bits per heavy atom. The second kappa shape index (κ2) is 14.2. The van der Waals surface area contributed by atoms with E-state index in [1.165, 1.54) is 43.1 Å². The van der Waals surface area contributed by atoms with Gasteiger partial charge in [0.05, 0.1) is 0 Å². The maximum absolute atomic E-state index is 3.49. The number of fused-ring (bicyclic) bond motifs is 6. The summed E-state index contributed by atoms with van der Waals surface area (Å²) in [5.41, 5.74) is 0. The monoisotopic (exact) mass is 892 g/mol. The van der Waals surface area contributed by atoms with Crippen LogP contribution in [0.3, 0.4) is 0 Å². The molecule has 0 aromatic heterocycles. The van der Waals surface area contributed by atoms with Crippen molar-refractivity contribution in [1.29, 1.82) is 0 Å². The van der Waals surface area contributed by atoms with Gasteiger partial charge < -0.3 is 24.8 Å². The first-order chi connectivity index (χ1) is 14.5. The predicted octanol–water partition coefficient (Wildman–Crippen LogP) is 4.48. The maximum Gasteiger partial charge on any atom is 2.00 e. The van der Waals surface area contributed by atoms with Crippen LogP contribution in [-0.2, 0) is 52.4 Å². The molecule has 0 amide bonds. The topological polar surface area (TPSA) is 0 Å². The van der Waals surface area contributed by atoms with E-state index in [-0.39, 0.29) is 77.2 Å². The van der Waals surface area contributed by atoms with Gasteiger partial charge in [0.15, 0.2) is 0 Å². The third-order valence-corrected chi connectivity index (χ3v) is 7.23. The zero-order valence-corrected chi connectivity index (χ0v) is 30.1. The molecule has 0 nitrogen and oxygen atoms in total. The van der Waals surface area contributed by atoms with Crippen molar-refractivity contribution in [3.63, 3.8) is 0 Å². The van der Waals surface area contributed by atoms with E-state index in [0.717, 1.165) is 17.9 Å². The minimum absolute atomic E-state index is 0. The molecule has 0 unspecified atom stereocenters. The van der Waals surface area contributed by atoms with Crippen molar-refractivity contribution in [1.82, 2.24) is 0 Å². The fraction of sp³-hybridized carbons (Fsp3) is 0. The summed E-state index contributed by atoms with van der Waals surface area (Å²) in [5.74, 6) is 0. The van der Waals surface area contributed by atoms with Crippen molar-refractivity contribution >= 4 is 107 Å². The Bertz CT molecular complexity index is 1330. The molecule has 0 aliphatic rings. The van der Waals surface area contributed by atoms with Crippen LogP contribution < -0.4 is 24.8 Å². The molecule has 0 bridgehead atoms. The molecule has 34 heavy (non-hydrogen) atoms. The van der Waals surface area contributed by atoms with Crippen molar-refractivity contribution in [2.45, 2.75) is 0 Å². The molecule has 8 heteroatoms. The molecule has 0 N–H and O–H groups in total. The molecular formula is C26H14Br4Cl2Zr2. The SMILES string of the molecule is Brc1ccc2c(c1)[cH-]c1cc(Br)ccc12.Brc1ccc2c(c1)[cH-]c1cc(Br)ccc12.[Cl-].[Cl-].[Zr+2].[Zr+2]. The molecule has 168 valence electrons. The fourth-order valence-corrected chi connectivity index (χ4v) is 5.44. The van der Waals surface area contributed by atoms with Crippen molar-refractivity contribution in [2.75, 3.05) is 0 Å². The van der Waals surface area contributed by atoms with Crippen molar-refractivity contribution in [2.24, 2.45) is 0 Å². The van der Waals surface area contributed by atoms with Crippen LogP contribution in [0.1, 0.15) is 0 Å². The van der Waals surface area contributed by atoms with Crippen LogP contribution in [0.15, 0.2) is 103 Å². The Morgan fingerprint density at radius 3 is 0.794 bits per heavy atom. The maximum atomic E-state index is 3.49. The molecule has 6 aromatic carbocycles. The van der Waals surface area contributed by atoms with Gasteiger partial charge in [-0.25, -0.2) is 0 Å². The third-order valence-electron chi connectivity index (χ3n) is 5.26. The number of halogens is 6. The molecule has 0 saturated heterocycles. The van der Waals surface area contributed by atoms with Gasteiger partial charge in [0.1, 0.15) is 0 Å². The zero-order chi connectivity index (χ0) is 20.8. The zero-order valence-electron chi connectivity index (χ0n) is 17.4. The van der Waals surface area contributed by atoms with Crippen LogP contribution >= 0.6 is 63.7 Å². The number of benzene rings is 4. The molecule has 0 spiro atoms. The second-order valence-electron chi connectivity index (χ2n) is 7.21. The van der Waals surface area contributed by atoms with Gasteiger partial charge in [0.2, 0.25) is 0 Å². The quantitative estimate of drug-likeness (QED) is 0.198. The molecule has 6 aromatic rings. The number of hydrogen-bond donors (Lipinski definition) is 0. The van der Waals surface area contributed by atoms with Gasteiger partial charge in [-0.1, -0.05) is 112 Å². The molecule has 6 rings (SSSR count). The van der Waals surface area contributed by atoms with Crippen LogP contribution in [0.2, 0.25) is 0 Å². The standard InChI is InChI=1S/2C13H7Br2.2ClH.2Zr/c2*14-10-1-3-12-8(6-10)5-9-7-11(15)2-4-13(9)12;;;;/h2*1-7H;2*1H;;/q2*-1;;;2*+2/p-2. The van der Waals surface area contributed by atoms with E-state index in [9.17, 15) is 0 Å². The molecule has 0 atom stereocenters. The van der Waals surface area contributed by atoms with Gasteiger partial charge in [-0.15, -0.1) is 79.5 Å². The summed E-state index contributed by atoms with van der Waals surface area (Å²) in [4.78, 5) is 0. The summed E-state index contributed by atoms with van der Waals surface area (Å²) in [6.45, 7) is 0. The summed E-state index contributed by atoms with van der Waals surface area (Å²) < 4.78 is 4.52. The van der Waals surface area contributed by atoms with Gasteiger partial charge >= 0.3 is 52.4 Å². The first-order valence-electron chi connectivity index (χ1n) is 9.36. The van der Waals surface area contributed by atoms with Gasteiger partial charge in [-0.2, -0.15) is 0 Å². The third kappa shape index (κ3) is 7.05. The van der Waals surface area contributed by atoms with Crippen LogP contribution in [0.25, 0.3) is 43.1 Å². The van der Waals surface area contributed by atoms with Gasteiger partial charge in [-0.3, -0.25) is 0 Å². The van der Waals surface area contributed by atoms with Gasteiger partial charge in [0, 0.05) is 0 Å². The van der Waals surface area contributed by atoms with Crippen molar-refractivity contribution in [3.05, 3.63) is 103 Å². The largest absolute Gasteiger partial charge is 2.00 e. The summed E-state index contributed by atoms with van der Waals surface area (Å²) in [6, 6.07) is 30.1. The normalized spacial score (nSPS) is 10.0. The van der Waals surface area contributed by atoms with E-state index in [2.05, 4.69) is 149 Å². The summed E-state index contributed by atoms with van der Waals surface area (Å²) >= 11 is 14.0. The average molecular weight is 899 g/mol. The van der Waals surface area contributed by atoms with Gasteiger partial charge in [0.25, 0.3) is 0 Å². The van der Waals surface area contributed by atoms with Crippen LogP contribution in [0.5, 0.6) is 0 Å². The van der Waals surface area contributed by atoms with E-state index in [0.29, 0.717) is 0 Å². The number of hydrogen-bond acceptors (Lipinski definition) is 0. The van der Waals surface area contributed by atoms with E-state index >= 15 is 0 Å². The summed E-state index contributed by atoms with van der Waals surface area (Å²) in [5, 5.41) is 10.4. The van der Waals surface area contributed by atoms with Crippen LogP contribution in [0.4, 0.5) is 0 Å². The Morgan fingerprint density at radius 1 is 0.382 bits per heavy atom. The van der Waals surface area contributed by atoms with E-state index in [4.69, 9.17) is 0 Å². The molecule has 0 fully saturated rings. The smallest absolute Gasteiger partial charge is 1.00 e. The molecule has 0 radical (unpaired) electrons. The van der Waals surface area contributed by atoms with E-state index in [1.54, 1.807) is 0 Å². The Kier molecular flexibility index (Phi) is 13.7. The van der Waals surface area contributed by atoms with Crippen molar-refractivity contribution < 1.29 is 77.2 Å². The Balaban J connectivity index is 0.000000304. The molecule has 0 aliphatic heterocycles. The van der Waals surface area contributed by atoms with Crippen LogP contribution in [0, 0.1) is 0 Å². The predicted molar refractivity (Wildman–Crippen MR) is 145 cm³/mol. The number of rotatable bonds is 0. The molecular weight excluding hydrogens is 885 g/mol. The van der Waals surface area contributed by atoms with Gasteiger partial charge in [-0.05, 0) is 17.9 Å². The first kappa shape index (κ1) is 32.9.